The summed E-state index contributed by atoms with van der Waals surface area (Å²) in [5.41, 5.74) is -0.989. The Morgan fingerprint density at radius 3 is 2.36 bits per heavy atom. The molecule has 1 N–H and O–H groups in total. The van der Waals surface area contributed by atoms with Crippen molar-refractivity contribution in [3.05, 3.63) is 82.6 Å². The van der Waals surface area contributed by atoms with Crippen molar-refractivity contribution in [2.45, 2.75) is 123 Å². The maximum atomic E-state index is 16.0. The standard InChI is InChI=1S/C50H64N4O7/c1-10-52(11-2)38(55)18-15-23-49-46(58)35-30-36(47(7,8)61-49)50(49)40(41(35)54-28-26-53(27-29-54)37-17-12-13-25-51-37)43(57)39-42(56)33-21-24-48(9,22-14-16-31(3)4)59-44(33)34(45(39)60-50)20-19-32(5)6/h12-13,15-19,21,24-25,35-36,40-41,56H,10-11,14,20,22-23,26-30H2,1-9H3/b18-15+/t35-,36?,40?,41?,48+,49-,50-/m0/s1. The molecule has 1 spiro atoms. The van der Waals surface area contributed by atoms with E-state index < -0.39 is 40.3 Å². The van der Waals surface area contributed by atoms with E-state index in [4.69, 9.17) is 14.2 Å². The van der Waals surface area contributed by atoms with Crippen LogP contribution in [-0.4, -0.2) is 105 Å². The zero-order chi connectivity index (χ0) is 43.6. The van der Waals surface area contributed by atoms with Crippen molar-refractivity contribution in [1.29, 1.82) is 0 Å². The van der Waals surface area contributed by atoms with Gasteiger partial charge in [0, 0.05) is 75.3 Å². The number of ether oxygens (including phenoxy) is 3. The Kier molecular flexibility index (Phi) is 11.2. The molecule has 1 aromatic carbocycles. The van der Waals surface area contributed by atoms with Gasteiger partial charge in [-0.1, -0.05) is 35.4 Å². The Morgan fingerprint density at radius 2 is 1.70 bits per heavy atom. The number of likely N-dealkylation sites (N-methyl/N-ethyl adjacent to an activating group) is 1. The number of phenolic OH excluding ortho intramolecular Hbond substituents is 1. The molecule has 3 aliphatic carbocycles. The summed E-state index contributed by atoms with van der Waals surface area (Å²) in [6.07, 6.45) is 15.7. The van der Waals surface area contributed by atoms with Crippen LogP contribution >= 0.6 is 0 Å². The van der Waals surface area contributed by atoms with Gasteiger partial charge in [-0.15, -0.1) is 0 Å². The number of aromatic nitrogens is 1. The van der Waals surface area contributed by atoms with Gasteiger partial charge in [0.25, 0.3) is 0 Å². The number of rotatable bonds is 12. The molecular weight excluding hydrogens is 769 g/mol. The van der Waals surface area contributed by atoms with Gasteiger partial charge in [0.15, 0.2) is 22.8 Å². The van der Waals surface area contributed by atoms with Gasteiger partial charge in [-0.2, -0.15) is 0 Å². The first-order chi connectivity index (χ1) is 29.0. The Bertz CT molecular complexity index is 2210. The molecular formula is C50H64N4O7. The topological polar surface area (TPSA) is 122 Å². The van der Waals surface area contributed by atoms with Crippen LogP contribution < -0.4 is 14.4 Å². The second kappa shape index (κ2) is 15.9. The number of benzene rings is 1. The molecule has 3 unspecified atom stereocenters. The molecule has 2 aromatic rings. The molecule has 11 heteroatoms. The number of anilines is 1. The highest BCUT2D eigenvalue weighted by molar-refractivity contribution is 6.10. The number of Topliss-reactive ketones (excluding diaryl/α,β-unsaturated/α-hetero) is 2. The van der Waals surface area contributed by atoms with Gasteiger partial charge in [0.1, 0.15) is 34.2 Å². The zero-order valence-electron chi connectivity index (χ0n) is 37.5. The number of allylic oxidation sites excluding steroid dienone is 4. The third-order valence-corrected chi connectivity index (χ3v) is 14.5. The molecule has 5 heterocycles. The number of aromatic hydroxyl groups is 1. The monoisotopic (exact) mass is 832 g/mol. The third-order valence-electron chi connectivity index (χ3n) is 14.5. The Hall–Kier alpha value is -4.74. The molecule has 61 heavy (non-hydrogen) atoms. The van der Waals surface area contributed by atoms with Crippen molar-refractivity contribution < 1.29 is 33.7 Å². The largest absolute Gasteiger partial charge is 0.506 e. The number of carbonyl (C=O) groups is 3. The number of phenols is 1. The number of amides is 1. The van der Waals surface area contributed by atoms with Crippen LogP contribution in [0.25, 0.3) is 6.08 Å². The molecule has 1 aromatic heterocycles. The molecule has 7 atom stereocenters. The first-order valence-corrected chi connectivity index (χ1v) is 22.4. The summed E-state index contributed by atoms with van der Waals surface area (Å²) in [5.74, 6) is -0.715. The average Bonchev–Trinajstić information content (AvgIpc) is 3.36. The minimum absolute atomic E-state index is 0.0659. The molecule has 11 nitrogen and oxygen atoms in total. The summed E-state index contributed by atoms with van der Waals surface area (Å²) >= 11 is 0. The van der Waals surface area contributed by atoms with Crippen LogP contribution in [0.5, 0.6) is 17.2 Å². The predicted molar refractivity (Wildman–Crippen MR) is 237 cm³/mol. The van der Waals surface area contributed by atoms with Crippen molar-refractivity contribution in [3.63, 3.8) is 0 Å². The molecule has 0 radical (unpaired) electrons. The zero-order valence-corrected chi connectivity index (χ0v) is 37.5. The quantitative estimate of drug-likeness (QED) is 0.167. The van der Waals surface area contributed by atoms with Crippen molar-refractivity contribution in [1.82, 2.24) is 14.8 Å². The van der Waals surface area contributed by atoms with E-state index in [1.807, 2.05) is 78.8 Å². The van der Waals surface area contributed by atoms with Crippen LogP contribution in [0.15, 0.2) is 65.9 Å². The summed E-state index contributed by atoms with van der Waals surface area (Å²) in [6, 6.07) is 5.40. The first kappa shape index (κ1) is 42.9. The third kappa shape index (κ3) is 6.85. The number of carbonyl (C=O) groups excluding carboxylic acids is 3. The van der Waals surface area contributed by atoms with Gasteiger partial charge < -0.3 is 29.1 Å². The SMILES string of the molecule is CCN(CC)C(=O)/C=C/C[C@]12OC(C)(C)C3C[C@H](C1=O)C(N1CCN(c4ccccn4)CC1)C1C(=O)c4c(O)c5c(c(CC=C(C)C)c4O[C@]132)O[C@](C)(CCC=C(C)C)C=C5. The van der Waals surface area contributed by atoms with E-state index in [0.717, 1.165) is 17.8 Å². The lowest BCUT2D eigenvalue weighted by atomic mass is 9.44. The Morgan fingerprint density at radius 1 is 0.984 bits per heavy atom. The summed E-state index contributed by atoms with van der Waals surface area (Å²) in [7, 11) is 0. The van der Waals surface area contributed by atoms with E-state index in [9.17, 15) is 9.90 Å². The fraction of sp³-hybridized carbons (Fsp3) is 0.560. The highest BCUT2D eigenvalue weighted by Gasteiger charge is 2.86. The molecule has 1 amide bonds. The van der Waals surface area contributed by atoms with E-state index in [-0.39, 0.29) is 46.9 Å². The van der Waals surface area contributed by atoms with Crippen molar-refractivity contribution in [3.8, 4) is 17.2 Å². The van der Waals surface area contributed by atoms with Gasteiger partial charge in [-0.3, -0.25) is 19.3 Å². The molecule has 2 saturated heterocycles. The maximum Gasteiger partial charge on any atom is 0.246 e. The fourth-order valence-electron chi connectivity index (χ4n) is 11.6. The molecule has 9 rings (SSSR count). The second-order valence-electron chi connectivity index (χ2n) is 19.2. The summed E-state index contributed by atoms with van der Waals surface area (Å²) in [5, 5.41) is 12.4. The number of hydrogen-bond donors (Lipinski definition) is 1. The number of pyridine rings is 1. The number of fused-ring (bicyclic) bond motifs is 2. The maximum absolute atomic E-state index is 16.0. The lowest BCUT2D eigenvalue weighted by Crippen LogP contribution is -2.82. The van der Waals surface area contributed by atoms with Crippen LogP contribution in [-0.2, 0) is 20.7 Å². The molecule has 326 valence electrons. The minimum atomic E-state index is -1.58. The highest BCUT2D eigenvalue weighted by Crippen LogP contribution is 2.71. The van der Waals surface area contributed by atoms with E-state index in [2.05, 4.69) is 40.8 Å². The van der Waals surface area contributed by atoms with Gasteiger partial charge >= 0.3 is 0 Å². The Balaban J connectivity index is 1.30. The summed E-state index contributed by atoms with van der Waals surface area (Å²) in [4.78, 5) is 55.9. The van der Waals surface area contributed by atoms with Crippen molar-refractivity contribution in [2.24, 2.45) is 17.8 Å². The summed E-state index contributed by atoms with van der Waals surface area (Å²) in [6.45, 7) is 21.8. The molecule has 3 saturated carbocycles. The van der Waals surface area contributed by atoms with Gasteiger partial charge in [-0.05, 0) is 118 Å². The fourth-order valence-corrected chi connectivity index (χ4v) is 11.6. The van der Waals surface area contributed by atoms with Crippen molar-refractivity contribution >= 4 is 29.4 Å². The molecule has 7 aliphatic rings. The molecule has 4 aliphatic heterocycles. The van der Waals surface area contributed by atoms with Gasteiger partial charge in [0.05, 0.1) is 17.1 Å². The number of piperazine rings is 1. The number of hydrogen-bond acceptors (Lipinski definition) is 10. The predicted octanol–water partition coefficient (Wildman–Crippen LogP) is 7.91. The molecule has 4 bridgehead atoms. The Labute approximate surface area is 361 Å². The van der Waals surface area contributed by atoms with Crippen LogP contribution in [0.3, 0.4) is 0 Å². The van der Waals surface area contributed by atoms with E-state index in [1.165, 1.54) is 11.6 Å². The second-order valence-corrected chi connectivity index (χ2v) is 19.2. The van der Waals surface area contributed by atoms with E-state index in [0.29, 0.717) is 75.4 Å². The van der Waals surface area contributed by atoms with Crippen LogP contribution in [0.4, 0.5) is 5.82 Å². The number of nitrogens with zero attached hydrogens (tertiary/aromatic N) is 4. The van der Waals surface area contributed by atoms with E-state index >= 15 is 9.59 Å². The lowest BCUT2D eigenvalue weighted by Gasteiger charge is -2.65. The van der Waals surface area contributed by atoms with Crippen molar-refractivity contribution in [2.75, 3.05) is 44.2 Å². The highest BCUT2D eigenvalue weighted by atomic mass is 16.6. The van der Waals surface area contributed by atoms with Gasteiger partial charge in [0.2, 0.25) is 5.91 Å². The summed E-state index contributed by atoms with van der Waals surface area (Å²) < 4.78 is 21.8. The minimum Gasteiger partial charge on any atom is -0.506 e. The number of ketones is 2. The van der Waals surface area contributed by atoms with Gasteiger partial charge in [-0.25, -0.2) is 4.98 Å². The van der Waals surface area contributed by atoms with Crippen LogP contribution in [0.2, 0.25) is 0 Å². The molecule has 5 fully saturated rings. The van der Waals surface area contributed by atoms with Crippen LogP contribution in [0, 0.1) is 17.8 Å². The van der Waals surface area contributed by atoms with E-state index in [1.54, 1.807) is 17.2 Å². The average molecular weight is 833 g/mol. The first-order valence-electron chi connectivity index (χ1n) is 22.4. The normalized spacial score (nSPS) is 30.6. The lowest BCUT2D eigenvalue weighted by molar-refractivity contribution is -0.213. The van der Waals surface area contributed by atoms with Crippen LogP contribution in [0.1, 0.15) is 109 Å². The smallest absolute Gasteiger partial charge is 0.246 e.